The average molecular weight is 297 g/mol. The fraction of sp³-hybridized carbons (Fsp3) is 0.562. The van der Waals surface area contributed by atoms with Crippen LogP contribution in [-0.2, 0) is 11.2 Å². The Balaban J connectivity index is 2.14. The van der Waals surface area contributed by atoms with Gasteiger partial charge in [0.1, 0.15) is 11.6 Å². The van der Waals surface area contributed by atoms with Crippen LogP contribution in [0.1, 0.15) is 37.7 Å². The second-order valence-corrected chi connectivity index (χ2v) is 5.64. The van der Waals surface area contributed by atoms with Gasteiger partial charge in [0.05, 0.1) is 6.42 Å². The van der Waals surface area contributed by atoms with Gasteiger partial charge in [-0.15, -0.1) is 0 Å². The minimum Gasteiger partial charge on any atom is -0.481 e. The predicted octanol–water partition coefficient (Wildman–Crippen LogP) is 3.23. The first-order valence-corrected chi connectivity index (χ1v) is 7.46. The molecule has 0 radical (unpaired) electrons. The van der Waals surface area contributed by atoms with Crippen LogP contribution in [0.4, 0.5) is 8.78 Å². The molecular formula is C16H21F2NO2. The van der Waals surface area contributed by atoms with Crippen molar-refractivity contribution in [1.29, 1.82) is 0 Å². The van der Waals surface area contributed by atoms with Crippen molar-refractivity contribution in [3.63, 3.8) is 0 Å². The van der Waals surface area contributed by atoms with Gasteiger partial charge in [-0.3, -0.25) is 9.69 Å². The number of aliphatic carboxylic acids is 1. The SMILES string of the molecule is O=C(O)CC(Cc1cc(F)ccc1F)N1CCCCCC1. The van der Waals surface area contributed by atoms with Crippen molar-refractivity contribution in [2.24, 2.45) is 0 Å². The summed E-state index contributed by atoms with van der Waals surface area (Å²) in [6.07, 6.45) is 4.53. The molecule has 0 aliphatic carbocycles. The van der Waals surface area contributed by atoms with Crippen LogP contribution in [-0.4, -0.2) is 35.1 Å². The Morgan fingerprint density at radius 2 is 1.86 bits per heavy atom. The van der Waals surface area contributed by atoms with Gasteiger partial charge >= 0.3 is 5.97 Å². The molecule has 1 atom stereocenters. The highest BCUT2D eigenvalue weighted by molar-refractivity contribution is 5.67. The third-order valence-corrected chi connectivity index (χ3v) is 4.03. The Morgan fingerprint density at radius 1 is 1.19 bits per heavy atom. The smallest absolute Gasteiger partial charge is 0.304 e. The van der Waals surface area contributed by atoms with Crippen molar-refractivity contribution in [2.75, 3.05) is 13.1 Å². The van der Waals surface area contributed by atoms with Gasteiger partial charge in [0, 0.05) is 6.04 Å². The summed E-state index contributed by atoms with van der Waals surface area (Å²) in [7, 11) is 0. The van der Waals surface area contributed by atoms with E-state index in [1.165, 1.54) is 6.07 Å². The van der Waals surface area contributed by atoms with Gasteiger partial charge < -0.3 is 5.11 Å². The van der Waals surface area contributed by atoms with Crippen molar-refractivity contribution in [3.05, 3.63) is 35.4 Å². The molecule has 1 fully saturated rings. The first-order valence-electron chi connectivity index (χ1n) is 7.46. The zero-order valence-corrected chi connectivity index (χ0v) is 12.0. The number of likely N-dealkylation sites (tertiary alicyclic amines) is 1. The third kappa shape index (κ3) is 4.77. The molecule has 1 aliphatic heterocycles. The molecule has 3 nitrogen and oxygen atoms in total. The lowest BCUT2D eigenvalue weighted by Crippen LogP contribution is -2.39. The number of benzene rings is 1. The molecule has 1 N–H and O–H groups in total. The molecule has 0 saturated carbocycles. The number of carboxylic acid groups (broad SMARTS) is 1. The van der Waals surface area contributed by atoms with Gasteiger partial charge in [-0.05, 0) is 56.1 Å². The quantitative estimate of drug-likeness (QED) is 0.907. The van der Waals surface area contributed by atoms with E-state index in [1.807, 2.05) is 0 Å². The Kier molecular flexibility index (Phi) is 5.67. The molecule has 5 heteroatoms. The van der Waals surface area contributed by atoms with Crippen molar-refractivity contribution >= 4 is 5.97 Å². The van der Waals surface area contributed by atoms with Crippen molar-refractivity contribution in [2.45, 2.75) is 44.6 Å². The number of nitrogens with zero attached hydrogens (tertiary/aromatic N) is 1. The van der Waals surface area contributed by atoms with E-state index < -0.39 is 17.6 Å². The molecule has 0 aromatic heterocycles. The number of carboxylic acids is 1. The number of hydrogen-bond acceptors (Lipinski definition) is 2. The van der Waals surface area contributed by atoms with Gasteiger partial charge in [0.25, 0.3) is 0 Å². The molecule has 1 unspecified atom stereocenters. The number of hydrogen-bond donors (Lipinski definition) is 1. The van der Waals surface area contributed by atoms with Crippen LogP contribution >= 0.6 is 0 Å². The van der Waals surface area contributed by atoms with E-state index in [1.54, 1.807) is 0 Å². The van der Waals surface area contributed by atoms with E-state index in [4.69, 9.17) is 5.11 Å². The Hall–Kier alpha value is -1.49. The molecule has 1 aliphatic rings. The number of halogens is 2. The second kappa shape index (κ2) is 7.50. The van der Waals surface area contributed by atoms with Gasteiger partial charge in [-0.2, -0.15) is 0 Å². The maximum atomic E-state index is 13.8. The van der Waals surface area contributed by atoms with E-state index in [-0.39, 0.29) is 24.4 Å². The summed E-state index contributed by atoms with van der Waals surface area (Å²) in [5, 5.41) is 9.09. The number of carbonyl (C=O) groups is 1. The van der Waals surface area contributed by atoms with Gasteiger partial charge in [-0.25, -0.2) is 8.78 Å². The highest BCUT2D eigenvalue weighted by atomic mass is 19.1. The van der Waals surface area contributed by atoms with Crippen LogP contribution in [0.3, 0.4) is 0 Å². The molecular weight excluding hydrogens is 276 g/mol. The molecule has 0 bridgehead atoms. The highest BCUT2D eigenvalue weighted by Crippen LogP contribution is 2.20. The Bertz CT molecular complexity index is 485. The third-order valence-electron chi connectivity index (χ3n) is 4.03. The van der Waals surface area contributed by atoms with Crippen molar-refractivity contribution in [1.82, 2.24) is 4.90 Å². The van der Waals surface area contributed by atoms with Crippen molar-refractivity contribution < 1.29 is 18.7 Å². The van der Waals surface area contributed by atoms with Crippen molar-refractivity contribution in [3.8, 4) is 0 Å². The van der Waals surface area contributed by atoms with Gasteiger partial charge in [0.2, 0.25) is 0 Å². The van der Waals surface area contributed by atoms with Crippen LogP contribution in [0.15, 0.2) is 18.2 Å². The standard InChI is InChI=1S/C16H21F2NO2/c17-13-5-6-15(18)12(9-13)10-14(11-16(20)21)19-7-3-1-2-4-8-19/h5-6,9,14H,1-4,7-8,10-11H2,(H,20,21). The minimum absolute atomic E-state index is 0.0457. The second-order valence-electron chi connectivity index (χ2n) is 5.64. The lowest BCUT2D eigenvalue weighted by atomic mass is 10.0. The van der Waals surface area contributed by atoms with E-state index in [9.17, 15) is 13.6 Å². The van der Waals surface area contributed by atoms with Crippen LogP contribution in [0, 0.1) is 11.6 Å². The lowest BCUT2D eigenvalue weighted by Gasteiger charge is -2.29. The van der Waals surface area contributed by atoms with Crippen LogP contribution in [0.5, 0.6) is 0 Å². The first kappa shape index (κ1) is 15.9. The molecule has 1 heterocycles. The summed E-state index contributed by atoms with van der Waals surface area (Å²) in [5.41, 5.74) is 0.255. The zero-order chi connectivity index (χ0) is 15.2. The summed E-state index contributed by atoms with van der Waals surface area (Å²) in [6, 6.07) is 3.07. The van der Waals surface area contributed by atoms with E-state index in [0.717, 1.165) is 50.9 Å². The monoisotopic (exact) mass is 297 g/mol. The molecule has 2 rings (SSSR count). The Labute approximate surface area is 123 Å². The molecule has 1 aromatic carbocycles. The summed E-state index contributed by atoms with van der Waals surface area (Å²) in [5.74, 6) is -1.86. The summed E-state index contributed by atoms with van der Waals surface area (Å²) >= 11 is 0. The fourth-order valence-electron chi connectivity index (χ4n) is 2.95. The average Bonchev–Trinajstić information content (AvgIpc) is 2.70. The summed E-state index contributed by atoms with van der Waals surface area (Å²) in [4.78, 5) is 13.2. The van der Waals surface area contributed by atoms with Crippen LogP contribution in [0.2, 0.25) is 0 Å². The maximum Gasteiger partial charge on any atom is 0.304 e. The van der Waals surface area contributed by atoms with Crippen LogP contribution in [0.25, 0.3) is 0 Å². The fourth-order valence-corrected chi connectivity index (χ4v) is 2.95. The molecule has 116 valence electrons. The normalized spacial score (nSPS) is 18.2. The Morgan fingerprint density at radius 3 is 2.48 bits per heavy atom. The summed E-state index contributed by atoms with van der Waals surface area (Å²) in [6.45, 7) is 1.66. The largest absolute Gasteiger partial charge is 0.481 e. The van der Waals surface area contributed by atoms with E-state index in [2.05, 4.69) is 4.90 Å². The lowest BCUT2D eigenvalue weighted by molar-refractivity contribution is -0.138. The van der Waals surface area contributed by atoms with E-state index in [0.29, 0.717) is 0 Å². The summed E-state index contributed by atoms with van der Waals surface area (Å²) < 4.78 is 27.1. The molecule has 21 heavy (non-hydrogen) atoms. The minimum atomic E-state index is -0.902. The zero-order valence-electron chi connectivity index (χ0n) is 12.0. The van der Waals surface area contributed by atoms with Gasteiger partial charge in [-0.1, -0.05) is 12.8 Å². The first-order chi connectivity index (χ1) is 10.1. The topological polar surface area (TPSA) is 40.5 Å². The van der Waals surface area contributed by atoms with Gasteiger partial charge in [0.15, 0.2) is 0 Å². The predicted molar refractivity (Wildman–Crippen MR) is 76.1 cm³/mol. The maximum absolute atomic E-state index is 13.8. The van der Waals surface area contributed by atoms with E-state index >= 15 is 0 Å². The molecule has 1 aromatic rings. The highest BCUT2D eigenvalue weighted by Gasteiger charge is 2.24. The molecule has 0 spiro atoms. The van der Waals surface area contributed by atoms with Crippen LogP contribution < -0.4 is 0 Å². The number of rotatable bonds is 5. The molecule has 0 amide bonds. The molecule has 1 saturated heterocycles.